The summed E-state index contributed by atoms with van der Waals surface area (Å²) < 4.78 is 5.81. The number of methoxy groups -OCH3 is 1. The highest BCUT2D eigenvalue weighted by Gasteiger charge is 2.39. The summed E-state index contributed by atoms with van der Waals surface area (Å²) in [5.41, 5.74) is 0.469. The Morgan fingerprint density at radius 3 is 2.76 bits per heavy atom. The summed E-state index contributed by atoms with van der Waals surface area (Å²) in [7, 11) is 1.50. The van der Waals surface area contributed by atoms with Gasteiger partial charge in [0, 0.05) is 29.2 Å². The fraction of sp³-hybridized carbons (Fsp3) is 0.385. The molecule has 0 unspecified atom stereocenters. The molecule has 0 aromatic heterocycles. The first kappa shape index (κ1) is 15.6. The first-order valence-corrected chi connectivity index (χ1v) is 7.03. The lowest BCUT2D eigenvalue weighted by molar-refractivity contribution is -0.141. The fourth-order valence-electron chi connectivity index (χ4n) is 2.22. The molecule has 1 saturated heterocycles. The number of rotatable bonds is 3. The molecule has 0 aliphatic carbocycles. The molecule has 2 amide bonds. The third-order valence-corrected chi connectivity index (χ3v) is 3.64. The van der Waals surface area contributed by atoms with Gasteiger partial charge >= 0.3 is 12.0 Å². The first-order valence-electron chi connectivity index (χ1n) is 6.23. The van der Waals surface area contributed by atoms with Gasteiger partial charge in [0.1, 0.15) is 11.8 Å². The molecule has 2 rings (SSSR count). The van der Waals surface area contributed by atoms with Crippen molar-refractivity contribution in [3.05, 3.63) is 22.7 Å². The number of carbonyl (C=O) groups excluding carboxylic acids is 1. The highest BCUT2D eigenvalue weighted by molar-refractivity contribution is 9.10. The lowest BCUT2D eigenvalue weighted by Crippen LogP contribution is -2.43. The Balaban J connectivity index is 2.14. The molecule has 0 bridgehead atoms. The monoisotopic (exact) mass is 358 g/mol. The number of urea groups is 1. The summed E-state index contributed by atoms with van der Waals surface area (Å²) in [5.74, 6) is -0.579. The molecule has 114 valence electrons. The molecule has 1 aromatic rings. The van der Waals surface area contributed by atoms with Crippen LogP contribution in [0.3, 0.4) is 0 Å². The Kier molecular flexibility index (Phi) is 4.69. The van der Waals surface area contributed by atoms with Gasteiger partial charge in [-0.1, -0.05) is 15.9 Å². The van der Waals surface area contributed by atoms with Gasteiger partial charge < -0.3 is 25.2 Å². The Hall–Kier alpha value is -1.80. The van der Waals surface area contributed by atoms with Crippen LogP contribution >= 0.6 is 15.9 Å². The van der Waals surface area contributed by atoms with Gasteiger partial charge in [-0.2, -0.15) is 0 Å². The van der Waals surface area contributed by atoms with Crippen molar-refractivity contribution in [2.75, 3.05) is 19.0 Å². The quantitative estimate of drug-likeness (QED) is 0.760. The van der Waals surface area contributed by atoms with Crippen molar-refractivity contribution in [2.24, 2.45) is 0 Å². The van der Waals surface area contributed by atoms with Crippen LogP contribution in [0.15, 0.2) is 22.7 Å². The zero-order valence-corrected chi connectivity index (χ0v) is 12.8. The van der Waals surface area contributed by atoms with Crippen LogP contribution in [0.5, 0.6) is 5.75 Å². The van der Waals surface area contributed by atoms with Crippen molar-refractivity contribution in [3.63, 3.8) is 0 Å². The number of aliphatic hydroxyl groups is 1. The van der Waals surface area contributed by atoms with E-state index in [1.54, 1.807) is 18.2 Å². The van der Waals surface area contributed by atoms with Crippen LogP contribution in [-0.2, 0) is 4.79 Å². The minimum atomic E-state index is -1.13. The standard InChI is InChI=1S/C13H15BrN2O5/c1-21-10-3-7(14)2-8(4-10)15-13(20)16-6-9(17)5-11(16)12(18)19/h2-4,9,11,17H,5-6H2,1H3,(H,15,20)(H,18,19)/t9-,11+/m1/s1. The number of halogens is 1. The van der Waals surface area contributed by atoms with Crippen LogP contribution in [0.1, 0.15) is 6.42 Å². The van der Waals surface area contributed by atoms with Crippen LogP contribution in [0, 0.1) is 0 Å². The average Bonchev–Trinajstić information content (AvgIpc) is 2.80. The van der Waals surface area contributed by atoms with Crippen molar-refractivity contribution >= 4 is 33.6 Å². The summed E-state index contributed by atoms with van der Waals surface area (Å²) in [6.07, 6.45) is -0.793. The first-order chi connectivity index (χ1) is 9.90. The predicted octanol–water partition coefficient (Wildman–Crippen LogP) is 1.51. The van der Waals surface area contributed by atoms with E-state index in [2.05, 4.69) is 21.2 Å². The van der Waals surface area contributed by atoms with Gasteiger partial charge in [-0.25, -0.2) is 9.59 Å². The Bertz CT molecular complexity index is 565. The van der Waals surface area contributed by atoms with Crippen LogP contribution in [0.2, 0.25) is 0 Å². The van der Waals surface area contributed by atoms with E-state index in [0.29, 0.717) is 15.9 Å². The number of β-amino-alcohol motifs (C(OH)–C–C–N with tert-alkyl or cyclic N) is 1. The van der Waals surface area contributed by atoms with Crippen LogP contribution in [0.25, 0.3) is 0 Å². The smallest absolute Gasteiger partial charge is 0.326 e. The fourth-order valence-corrected chi connectivity index (χ4v) is 2.69. The Morgan fingerprint density at radius 2 is 2.14 bits per heavy atom. The average molecular weight is 359 g/mol. The van der Waals surface area contributed by atoms with Crippen molar-refractivity contribution in [1.82, 2.24) is 4.90 Å². The molecule has 0 saturated carbocycles. The zero-order valence-electron chi connectivity index (χ0n) is 11.2. The Labute approximate surface area is 129 Å². The number of carboxylic acid groups (broad SMARTS) is 1. The summed E-state index contributed by atoms with van der Waals surface area (Å²) in [6.45, 7) is -0.00601. The Morgan fingerprint density at radius 1 is 1.43 bits per heavy atom. The second-order valence-corrected chi connectivity index (χ2v) is 5.62. The molecule has 1 fully saturated rings. The third kappa shape index (κ3) is 3.64. The zero-order chi connectivity index (χ0) is 15.6. The number of amides is 2. The summed E-state index contributed by atoms with van der Waals surface area (Å²) in [6, 6.07) is 3.43. The second-order valence-electron chi connectivity index (χ2n) is 4.71. The minimum absolute atomic E-state index is 0.00601. The normalized spacial score (nSPS) is 21.2. The third-order valence-electron chi connectivity index (χ3n) is 3.18. The molecule has 7 nitrogen and oxygen atoms in total. The predicted molar refractivity (Wildman–Crippen MR) is 78.5 cm³/mol. The van der Waals surface area contributed by atoms with E-state index in [4.69, 9.17) is 9.84 Å². The SMILES string of the molecule is COc1cc(Br)cc(NC(=O)N2C[C@H](O)C[C@H]2C(=O)O)c1. The maximum Gasteiger partial charge on any atom is 0.326 e. The second kappa shape index (κ2) is 6.31. The van der Waals surface area contributed by atoms with E-state index < -0.39 is 24.1 Å². The molecule has 1 heterocycles. The summed E-state index contributed by atoms with van der Waals surface area (Å²) in [4.78, 5) is 24.4. The van der Waals surface area contributed by atoms with Gasteiger partial charge in [-0.15, -0.1) is 0 Å². The number of hydrogen-bond donors (Lipinski definition) is 3. The molecular weight excluding hydrogens is 344 g/mol. The van der Waals surface area contributed by atoms with Crippen molar-refractivity contribution in [3.8, 4) is 5.75 Å². The molecule has 1 aliphatic heterocycles. The van der Waals surface area contributed by atoms with E-state index >= 15 is 0 Å². The number of hydrogen-bond acceptors (Lipinski definition) is 4. The van der Waals surface area contributed by atoms with E-state index in [0.717, 1.165) is 4.90 Å². The number of nitrogens with one attached hydrogen (secondary N) is 1. The molecule has 1 aromatic carbocycles. The number of carboxylic acids is 1. The summed E-state index contributed by atoms with van der Waals surface area (Å²) in [5, 5.41) is 21.2. The number of aliphatic hydroxyl groups excluding tert-OH is 1. The molecule has 0 radical (unpaired) electrons. The van der Waals surface area contributed by atoms with E-state index in [9.17, 15) is 14.7 Å². The molecule has 3 N–H and O–H groups in total. The minimum Gasteiger partial charge on any atom is -0.497 e. The van der Waals surface area contributed by atoms with Gasteiger partial charge in [0.15, 0.2) is 0 Å². The van der Waals surface area contributed by atoms with Crippen molar-refractivity contribution in [2.45, 2.75) is 18.6 Å². The van der Waals surface area contributed by atoms with Gasteiger partial charge in [-0.3, -0.25) is 0 Å². The van der Waals surface area contributed by atoms with E-state index in [1.807, 2.05) is 0 Å². The molecule has 1 aliphatic rings. The van der Waals surface area contributed by atoms with Crippen molar-refractivity contribution in [1.29, 1.82) is 0 Å². The molecule has 0 spiro atoms. The summed E-state index contributed by atoms with van der Waals surface area (Å²) >= 11 is 3.29. The van der Waals surface area contributed by atoms with Gasteiger partial charge in [0.25, 0.3) is 0 Å². The maximum atomic E-state index is 12.2. The van der Waals surface area contributed by atoms with Crippen LogP contribution in [0.4, 0.5) is 10.5 Å². The highest BCUT2D eigenvalue weighted by atomic mass is 79.9. The number of aliphatic carboxylic acids is 1. The van der Waals surface area contributed by atoms with Crippen molar-refractivity contribution < 1.29 is 24.5 Å². The van der Waals surface area contributed by atoms with Gasteiger partial charge in [0.2, 0.25) is 0 Å². The number of benzene rings is 1. The lowest BCUT2D eigenvalue weighted by atomic mass is 10.2. The van der Waals surface area contributed by atoms with Crippen LogP contribution in [-0.4, -0.2) is 52.9 Å². The maximum absolute atomic E-state index is 12.2. The highest BCUT2D eigenvalue weighted by Crippen LogP contribution is 2.26. The van der Waals surface area contributed by atoms with Gasteiger partial charge in [-0.05, 0) is 12.1 Å². The lowest BCUT2D eigenvalue weighted by Gasteiger charge is -2.21. The number of carbonyl (C=O) groups is 2. The topological polar surface area (TPSA) is 99.1 Å². The largest absolute Gasteiger partial charge is 0.497 e. The number of nitrogens with zero attached hydrogens (tertiary/aromatic N) is 1. The van der Waals surface area contributed by atoms with Crippen LogP contribution < -0.4 is 10.1 Å². The number of ether oxygens (including phenoxy) is 1. The molecule has 2 atom stereocenters. The van der Waals surface area contributed by atoms with E-state index in [-0.39, 0.29) is 13.0 Å². The van der Waals surface area contributed by atoms with E-state index in [1.165, 1.54) is 7.11 Å². The molecular formula is C13H15BrN2O5. The number of anilines is 1. The molecule has 21 heavy (non-hydrogen) atoms. The van der Waals surface area contributed by atoms with Gasteiger partial charge in [0.05, 0.1) is 13.2 Å². The number of likely N-dealkylation sites (tertiary alicyclic amines) is 1. The molecule has 8 heteroatoms.